The number of thiazole rings is 1. The zero-order valence-electron chi connectivity index (χ0n) is 11.0. The van der Waals surface area contributed by atoms with Gasteiger partial charge >= 0.3 is 0 Å². The monoisotopic (exact) mass is 253 g/mol. The summed E-state index contributed by atoms with van der Waals surface area (Å²) < 4.78 is 0. The van der Waals surface area contributed by atoms with Crippen LogP contribution in [0.15, 0.2) is 0 Å². The fourth-order valence-corrected chi connectivity index (χ4v) is 3.13. The third kappa shape index (κ3) is 4.05. The van der Waals surface area contributed by atoms with Crippen LogP contribution in [0, 0.1) is 13.8 Å². The number of piperidine rings is 1. The highest BCUT2D eigenvalue weighted by Gasteiger charge is 2.09. The van der Waals surface area contributed by atoms with Crippen LogP contribution in [-0.4, -0.2) is 36.1 Å². The quantitative estimate of drug-likeness (QED) is 0.816. The van der Waals surface area contributed by atoms with Crippen LogP contribution in [-0.2, 0) is 6.54 Å². The fourth-order valence-electron chi connectivity index (χ4n) is 2.23. The molecule has 0 atom stereocenters. The summed E-state index contributed by atoms with van der Waals surface area (Å²) in [6.07, 6.45) is 4.18. The van der Waals surface area contributed by atoms with E-state index in [-0.39, 0.29) is 0 Å². The van der Waals surface area contributed by atoms with Crippen molar-refractivity contribution in [2.24, 2.45) is 0 Å². The lowest BCUT2D eigenvalue weighted by Gasteiger charge is -2.26. The Balaban J connectivity index is 1.62. The van der Waals surface area contributed by atoms with E-state index in [1.165, 1.54) is 54.5 Å². The number of hydrogen-bond donors (Lipinski definition) is 1. The summed E-state index contributed by atoms with van der Waals surface area (Å²) >= 11 is 1.81. The van der Waals surface area contributed by atoms with E-state index < -0.39 is 0 Å². The molecule has 1 saturated heterocycles. The van der Waals surface area contributed by atoms with Gasteiger partial charge in [0.2, 0.25) is 0 Å². The molecule has 0 bridgehead atoms. The van der Waals surface area contributed by atoms with Crippen molar-refractivity contribution in [3.05, 3.63) is 15.6 Å². The van der Waals surface area contributed by atoms with Gasteiger partial charge in [-0.15, -0.1) is 11.3 Å². The molecule has 0 spiro atoms. The van der Waals surface area contributed by atoms with Gasteiger partial charge in [-0.1, -0.05) is 6.42 Å². The minimum absolute atomic E-state index is 0.924. The lowest BCUT2D eigenvalue weighted by Crippen LogP contribution is -2.35. The number of likely N-dealkylation sites (tertiary alicyclic amines) is 1. The summed E-state index contributed by atoms with van der Waals surface area (Å²) in [4.78, 5) is 8.45. The van der Waals surface area contributed by atoms with Crippen molar-refractivity contribution < 1.29 is 0 Å². The van der Waals surface area contributed by atoms with Crippen LogP contribution < -0.4 is 5.32 Å². The molecule has 2 heterocycles. The summed E-state index contributed by atoms with van der Waals surface area (Å²) in [5.74, 6) is 0. The second kappa shape index (κ2) is 6.47. The standard InChI is InChI=1S/C13H23N3S/c1-11-12(2)17-13(15-11)10-14-6-9-16-7-4-3-5-8-16/h14H,3-10H2,1-2H3. The molecule has 17 heavy (non-hydrogen) atoms. The Hall–Kier alpha value is -0.450. The predicted octanol–water partition coefficient (Wildman–Crippen LogP) is 2.34. The first-order chi connectivity index (χ1) is 8.25. The van der Waals surface area contributed by atoms with Gasteiger partial charge in [0.15, 0.2) is 0 Å². The van der Waals surface area contributed by atoms with E-state index in [0.29, 0.717) is 0 Å². The van der Waals surface area contributed by atoms with E-state index in [1.807, 2.05) is 11.3 Å². The minimum Gasteiger partial charge on any atom is -0.309 e. The number of aromatic nitrogens is 1. The molecular weight excluding hydrogens is 230 g/mol. The Labute approximate surface area is 108 Å². The molecule has 4 heteroatoms. The van der Waals surface area contributed by atoms with Gasteiger partial charge in [-0.3, -0.25) is 0 Å². The molecule has 96 valence electrons. The van der Waals surface area contributed by atoms with Crippen LogP contribution in [0.2, 0.25) is 0 Å². The van der Waals surface area contributed by atoms with Crippen LogP contribution in [0.4, 0.5) is 0 Å². The average Bonchev–Trinajstić information content (AvgIpc) is 2.66. The number of aryl methyl sites for hydroxylation is 2. The van der Waals surface area contributed by atoms with E-state index in [9.17, 15) is 0 Å². The van der Waals surface area contributed by atoms with Crippen LogP contribution in [0.1, 0.15) is 34.8 Å². The van der Waals surface area contributed by atoms with E-state index in [2.05, 4.69) is 29.0 Å². The smallest absolute Gasteiger partial charge is 0.107 e. The van der Waals surface area contributed by atoms with Crippen molar-refractivity contribution in [1.29, 1.82) is 0 Å². The highest BCUT2D eigenvalue weighted by atomic mass is 32.1. The molecule has 2 rings (SSSR count). The Kier molecular flexibility index (Phi) is 4.95. The van der Waals surface area contributed by atoms with Crippen molar-refractivity contribution in [2.75, 3.05) is 26.2 Å². The van der Waals surface area contributed by atoms with Gasteiger partial charge < -0.3 is 10.2 Å². The molecule has 1 N–H and O–H groups in total. The Morgan fingerprint density at radius 2 is 2.00 bits per heavy atom. The number of hydrogen-bond acceptors (Lipinski definition) is 4. The van der Waals surface area contributed by atoms with Gasteiger partial charge in [-0.25, -0.2) is 4.98 Å². The van der Waals surface area contributed by atoms with Gasteiger partial charge in [-0.2, -0.15) is 0 Å². The molecule has 0 aromatic carbocycles. The second-order valence-electron chi connectivity index (χ2n) is 4.83. The zero-order chi connectivity index (χ0) is 12.1. The molecule has 0 radical (unpaired) electrons. The van der Waals surface area contributed by atoms with E-state index >= 15 is 0 Å². The number of nitrogens with zero attached hydrogens (tertiary/aromatic N) is 2. The third-order valence-electron chi connectivity index (χ3n) is 3.40. The molecule has 1 fully saturated rings. The van der Waals surface area contributed by atoms with Crippen LogP contribution in [0.5, 0.6) is 0 Å². The SMILES string of the molecule is Cc1nc(CNCCN2CCCCC2)sc1C. The van der Waals surface area contributed by atoms with Gasteiger partial charge in [0.05, 0.1) is 5.69 Å². The summed E-state index contributed by atoms with van der Waals surface area (Å²) in [6.45, 7) is 10.00. The number of rotatable bonds is 5. The van der Waals surface area contributed by atoms with Crippen molar-refractivity contribution in [3.8, 4) is 0 Å². The second-order valence-corrected chi connectivity index (χ2v) is 6.12. The lowest BCUT2D eigenvalue weighted by molar-refractivity contribution is 0.229. The van der Waals surface area contributed by atoms with Gasteiger partial charge in [0.25, 0.3) is 0 Å². The van der Waals surface area contributed by atoms with Crippen molar-refractivity contribution >= 4 is 11.3 Å². The lowest BCUT2D eigenvalue weighted by atomic mass is 10.1. The van der Waals surface area contributed by atoms with Crippen LogP contribution in [0.3, 0.4) is 0 Å². The van der Waals surface area contributed by atoms with Gasteiger partial charge in [-0.05, 0) is 39.8 Å². The van der Waals surface area contributed by atoms with E-state index in [0.717, 1.165) is 13.1 Å². The third-order valence-corrected chi connectivity index (χ3v) is 4.48. The molecule has 1 aromatic heterocycles. The molecule has 1 aliphatic rings. The number of nitrogens with one attached hydrogen (secondary N) is 1. The summed E-state index contributed by atoms with van der Waals surface area (Å²) in [5.41, 5.74) is 1.18. The first-order valence-corrected chi connectivity index (χ1v) is 7.43. The maximum Gasteiger partial charge on any atom is 0.107 e. The molecule has 1 aliphatic heterocycles. The van der Waals surface area contributed by atoms with Gasteiger partial charge in [0.1, 0.15) is 5.01 Å². The molecule has 0 amide bonds. The normalized spacial score (nSPS) is 17.5. The fraction of sp³-hybridized carbons (Fsp3) is 0.769. The van der Waals surface area contributed by atoms with E-state index in [4.69, 9.17) is 0 Å². The largest absolute Gasteiger partial charge is 0.309 e. The first kappa shape index (κ1) is 13.0. The van der Waals surface area contributed by atoms with Crippen LogP contribution in [0.25, 0.3) is 0 Å². The van der Waals surface area contributed by atoms with Crippen molar-refractivity contribution in [1.82, 2.24) is 15.2 Å². The highest BCUT2D eigenvalue weighted by Crippen LogP contribution is 2.15. The van der Waals surface area contributed by atoms with Crippen molar-refractivity contribution in [3.63, 3.8) is 0 Å². The summed E-state index contributed by atoms with van der Waals surface area (Å²) in [5, 5.41) is 4.72. The summed E-state index contributed by atoms with van der Waals surface area (Å²) in [7, 11) is 0. The molecular formula is C13H23N3S. The molecule has 0 aliphatic carbocycles. The maximum atomic E-state index is 4.54. The Morgan fingerprint density at radius 3 is 2.65 bits per heavy atom. The highest BCUT2D eigenvalue weighted by molar-refractivity contribution is 7.11. The zero-order valence-corrected chi connectivity index (χ0v) is 11.8. The molecule has 1 aromatic rings. The predicted molar refractivity (Wildman–Crippen MR) is 73.6 cm³/mol. The Bertz CT molecular complexity index is 323. The van der Waals surface area contributed by atoms with E-state index in [1.54, 1.807) is 0 Å². The van der Waals surface area contributed by atoms with Crippen molar-refractivity contribution in [2.45, 2.75) is 39.7 Å². The maximum absolute atomic E-state index is 4.54. The molecule has 0 saturated carbocycles. The first-order valence-electron chi connectivity index (χ1n) is 6.61. The summed E-state index contributed by atoms with van der Waals surface area (Å²) in [6, 6.07) is 0. The van der Waals surface area contributed by atoms with Crippen LogP contribution >= 0.6 is 11.3 Å². The minimum atomic E-state index is 0.924. The Morgan fingerprint density at radius 1 is 1.24 bits per heavy atom. The van der Waals surface area contributed by atoms with Gasteiger partial charge in [0, 0.05) is 24.5 Å². The molecule has 3 nitrogen and oxygen atoms in total. The topological polar surface area (TPSA) is 28.2 Å². The average molecular weight is 253 g/mol. The molecule has 0 unspecified atom stereocenters.